The third kappa shape index (κ3) is 2.00. The van der Waals surface area contributed by atoms with Gasteiger partial charge in [0, 0.05) is 11.6 Å². The van der Waals surface area contributed by atoms with Gasteiger partial charge in [-0.2, -0.15) is 0 Å². The lowest BCUT2D eigenvalue weighted by Crippen LogP contribution is -2.01. The summed E-state index contributed by atoms with van der Waals surface area (Å²) in [7, 11) is 0. The van der Waals surface area contributed by atoms with Gasteiger partial charge in [0.05, 0.1) is 11.0 Å². The Labute approximate surface area is 111 Å². The van der Waals surface area contributed by atoms with Gasteiger partial charge in [-0.15, -0.1) is 0 Å². The van der Waals surface area contributed by atoms with Crippen LogP contribution in [0.5, 0.6) is 0 Å². The number of nitrogens with zero attached hydrogens (tertiary/aromatic N) is 2. The second-order valence-corrected chi connectivity index (χ2v) is 4.80. The van der Waals surface area contributed by atoms with Crippen molar-refractivity contribution >= 4 is 22.6 Å². The summed E-state index contributed by atoms with van der Waals surface area (Å²) in [5.41, 5.74) is 3.35. The standard InChI is InChI=1S/C15H13ClN2/c1-11-17-14-9-13(16)7-8-15(14)18(11)10-12-5-3-2-4-6-12/h2-9H,10H2,1H3. The van der Waals surface area contributed by atoms with Crippen LogP contribution in [0.25, 0.3) is 11.0 Å². The van der Waals surface area contributed by atoms with Crippen LogP contribution in [0.3, 0.4) is 0 Å². The molecule has 3 rings (SSSR count). The van der Waals surface area contributed by atoms with Crippen molar-refractivity contribution in [1.29, 1.82) is 0 Å². The molecule has 3 heteroatoms. The molecule has 0 saturated carbocycles. The predicted molar refractivity (Wildman–Crippen MR) is 75.0 cm³/mol. The quantitative estimate of drug-likeness (QED) is 0.676. The van der Waals surface area contributed by atoms with E-state index in [0.717, 1.165) is 28.4 Å². The molecule has 90 valence electrons. The maximum absolute atomic E-state index is 5.99. The number of benzene rings is 2. The molecule has 0 radical (unpaired) electrons. The first kappa shape index (κ1) is 11.3. The number of halogens is 1. The van der Waals surface area contributed by atoms with E-state index in [2.05, 4.69) is 33.8 Å². The number of aromatic nitrogens is 2. The van der Waals surface area contributed by atoms with Crippen LogP contribution in [0.15, 0.2) is 48.5 Å². The summed E-state index contributed by atoms with van der Waals surface area (Å²) in [4.78, 5) is 4.55. The fourth-order valence-corrected chi connectivity index (χ4v) is 2.36. The van der Waals surface area contributed by atoms with Crippen LogP contribution in [0.1, 0.15) is 11.4 Å². The molecule has 0 fully saturated rings. The molecule has 0 bridgehead atoms. The molecule has 0 aliphatic carbocycles. The summed E-state index contributed by atoms with van der Waals surface area (Å²) >= 11 is 5.99. The van der Waals surface area contributed by atoms with E-state index in [0.29, 0.717) is 0 Å². The van der Waals surface area contributed by atoms with Crippen LogP contribution in [-0.4, -0.2) is 9.55 Å². The summed E-state index contributed by atoms with van der Waals surface area (Å²) in [6, 6.07) is 16.2. The van der Waals surface area contributed by atoms with Gasteiger partial charge in [-0.05, 0) is 30.7 Å². The van der Waals surface area contributed by atoms with E-state index in [9.17, 15) is 0 Å². The lowest BCUT2D eigenvalue weighted by atomic mass is 10.2. The van der Waals surface area contributed by atoms with E-state index in [-0.39, 0.29) is 0 Å². The lowest BCUT2D eigenvalue weighted by Gasteiger charge is -2.06. The molecular weight excluding hydrogens is 244 g/mol. The molecule has 2 aromatic carbocycles. The van der Waals surface area contributed by atoms with Crippen molar-refractivity contribution in [3.05, 3.63) is 64.9 Å². The number of imidazole rings is 1. The molecule has 18 heavy (non-hydrogen) atoms. The second kappa shape index (κ2) is 4.46. The third-order valence-electron chi connectivity index (χ3n) is 3.08. The Hall–Kier alpha value is -1.80. The molecule has 0 amide bonds. The molecule has 3 aromatic rings. The van der Waals surface area contributed by atoms with Gasteiger partial charge in [0.2, 0.25) is 0 Å². The minimum absolute atomic E-state index is 0.729. The highest BCUT2D eigenvalue weighted by molar-refractivity contribution is 6.31. The Balaban J connectivity index is 2.09. The summed E-state index contributed by atoms with van der Waals surface area (Å²) in [6.07, 6.45) is 0. The van der Waals surface area contributed by atoms with Gasteiger partial charge >= 0.3 is 0 Å². The monoisotopic (exact) mass is 256 g/mol. The Bertz CT molecular complexity index is 686. The first-order valence-corrected chi connectivity index (χ1v) is 6.28. The fraction of sp³-hybridized carbons (Fsp3) is 0.133. The number of hydrogen-bond donors (Lipinski definition) is 0. The van der Waals surface area contributed by atoms with E-state index in [1.54, 1.807) is 0 Å². The molecule has 0 N–H and O–H groups in total. The van der Waals surface area contributed by atoms with Gasteiger partial charge in [0.1, 0.15) is 5.82 Å². The van der Waals surface area contributed by atoms with E-state index in [4.69, 9.17) is 11.6 Å². The van der Waals surface area contributed by atoms with Crippen LogP contribution in [-0.2, 0) is 6.54 Å². The minimum Gasteiger partial charge on any atom is -0.324 e. The summed E-state index contributed by atoms with van der Waals surface area (Å²) in [6.45, 7) is 2.86. The number of rotatable bonds is 2. The van der Waals surface area contributed by atoms with Crippen molar-refractivity contribution in [3.8, 4) is 0 Å². The van der Waals surface area contributed by atoms with Crippen molar-refractivity contribution < 1.29 is 0 Å². The smallest absolute Gasteiger partial charge is 0.107 e. The van der Waals surface area contributed by atoms with Gasteiger partial charge in [-0.25, -0.2) is 4.98 Å². The summed E-state index contributed by atoms with van der Waals surface area (Å²) in [5, 5.41) is 0.729. The molecule has 0 saturated heterocycles. The third-order valence-corrected chi connectivity index (χ3v) is 3.32. The summed E-state index contributed by atoms with van der Waals surface area (Å²) in [5.74, 6) is 1.01. The maximum Gasteiger partial charge on any atom is 0.107 e. The lowest BCUT2D eigenvalue weighted by molar-refractivity contribution is 0.786. The van der Waals surface area contributed by atoms with Crippen LogP contribution in [0.2, 0.25) is 5.02 Å². The van der Waals surface area contributed by atoms with Crippen LogP contribution >= 0.6 is 11.6 Å². The molecule has 2 nitrogen and oxygen atoms in total. The van der Waals surface area contributed by atoms with Crippen LogP contribution in [0.4, 0.5) is 0 Å². The molecule has 0 unspecified atom stereocenters. The average Bonchev–Trinajstić information content (AvgIpc) is 2.66. The van der Waals surface area contributed by atoms with E-state index in [1.807, 2.05) is 31.2 Å². The van der Waals surface area contributed by atoms with Crippen LogP contribution < -0.4 is 0 Å². The van der Waals surface area contributed by atoms with Gasteiger partial charge in [0.25, 0.3) is 0 Å². The first-order valence-electron chi connectivity index (χ1n) is 5.90. The number of hydrogen-bond acceptors (Lipinski definition) is 1. The molecule has 0 aliphatic heterocycles. The molecule has 1 heterocycles. The second-order valence-electron chi connectivity index (χ2n) is 4.36. The normalized spacial score (nSPS) is 11.0. The molecule has 0 spiro atoms. The zero-order valence-electron chi connectivity index (χ0n) is 10.1. The van der Waals surface area contributed by atoms with Crippen molar-refractivity contribution in [1.82, 2.24) is 9.55 Å². The van der Waals surface area contributed by atoms with Gasteiger partial charge in [-0.1, -0.05) is 41.9 Å². The Kier molecular flexibility index (Phi) is 2.80. The highest BCUT2D eigenvalue weighted by Gasteiger charge is 2.07. The van der Waals surface area contributed by atoms with E-state index < -0.39 is 0 Å². The zero-order valence-corrected chi connectivity index (χ0v) is 10.9. The number of fused-ring (bicyclic) bond motifs is 1. The Morgan fingerprint density at radius 3 is 2.67 bits per heavy atom. The predicted octanol–water partition coefficient (Wildman–Crippen LogP) is 4.05. The van der Waals surface area contributed by atoms with Gasteiger partial charge < -0.3 is 4.57 Å². The molecule has 1 aromatic heterocycles. The topological polar surface area (TPSA) is 17.8 Å². The van der Waals surface area contributed by atoms with Crippen molar-refractivity contribution in [2.75, 3.05) is 0 Å². The minimum atomic E-state index is 0.729. The zero-order chi connectivity index (χ0) is 12.5. The van der Waals surface area contributed by atoms with Gasteiger partial charge in [-0.3, -0.25) is 0 Å². The fourth-order valence-electron chi connectivity index (χ4n) is 2.19. The Morgan fingerprint density at radius 2 is 1.89 bits per heavy atom. The van der Waals surface area contributed by atoms with Crippen molar-refractivity contribution in [2.45, 2.75) is 13.5 Å². The maximum atomic E-state index is 5.99. The van der Waals surface area contributed by atoms with Crippen molar-refractivity contribution in [3.63, 3.8) is 0 Å². The highest BCUT2D eigenvalue weighted by atomic mass is 35.5. The van der Waals surface area contributed by atoms with Gasteiger partial charge in [0.15, 0.2) is 0 Å². The SMILES string of the molecule is Cc1nc2cc(Cl)ccc2n1Cc1ccccc1. The van der Waals surface area contributed by atoms with Crippen LogP contribution in [0, 0.1) is 6.92 Å². The highest BCUT2D eigenvalue weighted by Crippen LogP contribution is 2.21. The number of aryl methyl sites for hydroxylation is 1. The largest absolute Gasteiger partial charge is 0.324 e. The first-order chi connectivity index (χ1) is 8.74. The average molecular weight is 257 g/mol. The van der Waals surface area contributed by atoms with Crippen molar-refractivity contribution in [2.24, 2.45) is 0 Å². The van der Waals surface area contributed by atoms with E-state index in [1.165, 1.54) is 5.56 Å². The molecular formula is C15H13ClN2. The Morgan fingerprint density at radius 1 is 1.11 bits per heavy atom. The van der Waals surface area contributed by atoms with E-state index >= 15 is 0 Å². The summed E-state index contributed by atoms with van der Waals surface area (Å²) < 4.78 is 2.21. The molecule has 0 atom stereocenters. The molecule has 0 aliphatic rings.